The molecule has 0 N–H and O–H groups in total. The Labute approximate surface area is 101 Å². The van der Waals surface area contributed by atoms with Crippen molar-refractivity contribution >= 4 is 24.0 Å². The Hall–Kier alpha value is -0.790. The van der Waals surface area contributed by atoms with Gasteiger partial charge in [0.25, 0.3) is 0 Å². The Bertz CT molecular complexity index is 359. The molecule has 0 bridgehead atoms. The Morgan fingerprint density at radius 3 is 2.87 bits per heavy atom. The number of hydrogen-bond donors (Lipinski definition) is 0. The van der Waals surface area contributed by atoms with Gasteiger partial charge in [0, 0.05) is 12.4 Å². The van der Waals surface area contributed by atoms with Crippen molar-refractivity contribution in [2.45, 2.75) is 17.7 Å². The van der Waals surface area contributed by atoms with Crippen LogP contribution < -0.4 is 0 Å². The van der Waals surface area contributed by atoms with E-state index in [4.69, 9.17) is 11.6 Å². The normalized spacial score (nSPS) is 23.5. The lowest BCUT2D eigenvalue weighted by atomic mass is 9.93. The van der Waals surface area contributed by atoms with Gasteiger partial charge in [-0.3, -0.25) is 4.98 Å². The molecule has 0 radical (unpaired) electrons. The summed E-state index contributed by atoms with van der Waals surface area (Å²) in [5.41, 5.74) is 1.18. The summed E-state index contributed by atoms with van der Waals surface area (Å²) < 4.78 is 0. The molecule has 0 saturated heterocycles. The maximum absolute atomic E-state index is 6.44. The van der Waals surface area contributed by atoms with E-state index in [-0.39, 0.29) is 17.3 Å². The van der Waals surface area contributed by atoms with E-state index < -0.39 is 0 Å². The number of nitrogens with zero attached hydrogens (tertiary/aromatic N) is 1. The van der Waals surface area contributed by atoms with Crippen molar-refractivity contribution in [2.24, 2.45) is 0 Å². The molecule has 1 aliphatic rings. The van der Waals surface area contributed by atoms with Crippen LogP contribution in [0.5, 0.6) is 0 Å². The molecule has 1 aromatic rings. The maximum Gasteiger partial charge on any atom is 0.0704 e. The molecule has 1 nitrogen and oxygen atoms in total. The smallest absolute Gasteiger partial charge is 0.0704 e. The summed E-state index contributed by atoms with van der Waals surface area (Å²) in [6.45, 7) is 0. The number of pyridine rings is 1. The van der Waals surface area contributed by atoms with Crippen LogP contribution in [0.25, 0.3) is 0 Å². The average molecular weight is 242 g/mol. The Morgan fingerprint density at radius 2 is 2.27 bits per heavy atom. The first kappa shape index (κ1) is 12.3. The highest BCUT2D eigenvalue weighted by Gasteiger charge is 2.24. The zero-order valence-electron chi connectivity index (χ0n) is 8.27. The van der Waals surface area contributed by atoms with Crippen LogP contribution in [0, 0.1) is 0 Å². The Morgan fingerprint density at radius 1 is 1.40 bits per heavy atom. The van der Waals surface area contributed by atoms with Crippen molar-refractivity contribution in [3.05, 3.63) is 54.4 Å². The van der Waals surface area contributed by atoms with Crippen LogP contribution in [0.15, 0.2) is 48.8 Å². The molecule has 0 fully saturated rings. The highest BCUT2D eigenvalue weighted by molar-refractivity contribution is 6.25. The largest absolute Gasteiger partial charge is 0.264 e. The number of alkyl halides is 1. The molecule has 0 spiro atoms. The third-order valence-corrected chi connectivity index (χ3v) is 2.73. The SMILES string of the molecule is Cl.ClC1(Cc2cccnc2)C=CC=CC1. The van der Waals surface area contributed by atoms with E-state index in [9.17, 15) is 0 Å². The quantitative estimate of drug-likeness (QED) is 0.723. The van der Waals surface area contributed by atoms with Gasteiger partial charge in [0.15, 0.2) is 0 Å². The first-order chi connectivity index (χ1) is 6.79. The van der Waals surface area contributed by atoms with Gasteiger partial charge in [0.2, 0.25) is 0 Å². The van der Waals surface area contributed by atoms with E-state index in [1.165, 1.54) is 5.56 Å². The zero-order chi connectivity index (χ0) is 9.86. The summed E-state index contributed by atoms with van der Waals surface area (Å²) in [6.07, 6.45) is 13.6. The van der Waals surface area contributed by atoms with Crippen LogP contribution in [0.2, 0.25) is 0 Å². The second kappa shape index (κ2) is 5.34. The van der Waals surface area contributed by atoms with Gasteiger partial charge in [-0.2, -0.15) is 0 Å². The van der Waals surface area contributed by atoms with Gasteiger partial charge in [-0.1, -0.05) is 30.4 Å². The van der Waals surface area contributed by atoms with Crippen LogP contribution in [0.3, 0.4) is 0 Å². The fraction of sp³-hybridized carbons (Fsp3) is 0.250. The van der Waals surface area contributed by atoms with Crippen LogP contribution in [-0.2, 0) is 6.42 Å². The lowest BCUT2D eigenvalue weighted by Crippen LogP contribution is -2.22. The van der Waals surface area contributed by atoms with Crippen LogP contribution in [0.1, 0.15) is 12.0 Å². The molecule has 1 unspecified atom stereocenters. The molecule has 1 aliphatic carbocycles. The lowest BCUT2D eigenvalue weighted by Gasteiger charge is -2.23. The van der Waals surface area contributed by atoms with Gasteiger partial charge in [-0.05, 0) is 24.5 Å². The van der Waals surface area contributed by atoms with Gasteiger partial charge in [0.1, 0.15) is 0 Å². The van der Waals surface area contributed by atoms with Crippen molar-refractivity contribution in [1.82, 2.24) is 4.98 Å². The fourth-order valence-electron chi connectivity index (χ4n) is 1.61. The summed E-state index contributed by atoms with van der Waals surface area (Å²) in [7, 11) is 0. The van der Waals surface area contributed by atoms with Gasteiger partial charge in [-0.15, -0.1) is 24.0 Å². The van der Waals surface area contributed by atoms with E-state index in [0.29, 0.717) is 0 Å². The molecule has 2 rings (SSSR count). The number of hydrogen-bond acceptors (Lipinski definition) is 1. The number of allylic oxidation sites excluding steroid dienone is 4. The Balaban J connectivity index is 0.00000112. The molecule has 0 saturated carbocycles. The molecule has 15 heavy (non-hydrogen) atoms. The predicted molar refractivity (Wildman–Crippen MR) is 66.7 cm³/mol. The standard InChI is InChI=1S/C12H12ClN.ClH/c13-12(6-2-1-3-7-12)9-11-5-4-8-14-10-11;/h1-6,8,10H,7,9H2;1H. The predicted octanol–water partition coefficient (Wildman–Crippen LogP) is 3.54. The molecule has 80 valence electrons. The molecular weight excluding hydrogens is 229 g/mol. The van der Waals surface area contributed by atoms with Crippen molar-refractivity contribution in [1.29, 1.82) is 0 Å². The van der Waals surface area contributed by atoms with E-state index in [1.807, 2.05) is 24.4 Å². The van der Waals surface area contributed by atoms with E-state index in [0.717, 1.165) is 12.8 Å². The average Bonchev–Trinajstić information content (AvgIpc) is 2.19. The number of rotatable bonds is 2. The second-order valence-corrected chi connectivity index (χ2v) is 4.32. The van der Waals surface area contributed by atoms with Crippen molar-refractivity contribution < 1.29 is 0 Å². The summed E-state index contributed by atoms with van der Waals surface area (Å²) in [5.74, 6) is 0. The van der Waals surface area contributed by atoms with Gasteiger partial charge in [0.05, 0.1) is 4.87 Å². The summed E-state index contributed by atoms with van der Waals surface area (Å²) in [4.78, 5) is 3.83. The first-order valence-corrected chi connectivity index (χ1v) is 5.08. The van der Waals surface area contributed by atoms with Crippen LogP contribution in [-0.4, -0.2) is 9.86 Å². The molecule has 1 aromatic heterocycles. The lowest BCUT2D eigenvalue weighted by molar-refractivity contribution is 0.695. The van der Waals surface area contributed by atoms with Crippen molar-refractivity contribution in [3.8, 4) is 0 Å². The third-order valence-electron chi connectivity index (χ3n) is 2.32. The molecule has 1 atom stereocenters. The second-order valence-electron chi connectivity index (χ2n) is 3.56. The van der Waals surface area contributed by atoms with Crippen molar-refractivity contribution in [3.63, 3.8) is 0 Å². The van der Waals surface area contributed by atoms with Gasteiger partial charge in [-0.25, -0.2) is 0 Å². The highest BCUT2D eigenvalue weighted by atomic mass is 35.5. The highest BCUT2D eigenvalue weighted by Crippen LogP contribution is 2.29. The topological polar surface area (TPSA) is 12.9 Å². The molecule has 0 amide bonds. The molecule has 1 heterocycles. The minimum absolute atomic E-state index is 0. The molecular formula is C12H13Cl2N. The van der Waals surface area contributed by atoms with E-state index >= 15 is 0 Å². The van der Waals surface area contributed by atoms with Crippen LogP contribution in [0.4, 0.5) is 0 Å². The maximum atomic E-state index is 6.44. The number of aromatic nitrogens is 1. The minimum atomic E-state index is -0.252. The molecule has 3 heteroatoms. The Kier molecular flexibility index (Phi) is 4.37. The zero-order valence-corrected chi connectivity index (χ0v) is 9.84. The van der Waals surface area contributed by atoms with Gasteiger partial charge >= 0.3 is 0 Å². The fourth-order valence-corrected chi connectivity index (χ4v) is 1.93. The summed E-state index contributed by atoms with van der Waals surface area (Å²) in [6, 6.07) is 4.00. The summed E-state index contributed by atoms with van der Waals surface area (Å²) >= 11 is 6.44. The first-order valence-electron chi connectivity index (χ1n) is 4.71. The molecule has 0 aliphatic heterocycles. The third kappa shape index (κ3) is 3.37. The van der Waals surface area contributed by atoms with Crippen molar-refractivity contribution in [2.75, 3.05) is 0 Å². The van der Waals surface area contributed by atoms with E-state index in [1.54, 1.807) is 6.20 Å². The number of halogens is 2. The monoisotopic (exact) mass is 241 g/mol. The minimum Gasteiger partial charge on any atom is -0.264 e. The summed E-state index contributed by atoms with van der Waals surface area (Å²) in [5, 5.41) is 0. The van der Waals surface area contributed by atoms with Gasteiger partial charge < -0.3 is 0 Å². The molecule has 0 aromatic carbocycles. The van der Waals surface area contributed by atoms with Crippen LogP contribution >= 0.6 is 24.0 Å². The van der Waals surface area contributed by atoms with E-state index in [2.05, 4.69) is 23.2 Å².